The van der Waals surface area contributed by atoms with Gasteiger partial charge in [0.2, 0.25) is 14.8 Å². The molecule has 3 fully saturated rings. The molecule has 0 spiro atoms. The van der Waals surface area contributed by atoms with Crippen LogP contribution in [0.3, 0.4) is 0 Å². The van der Waals surface area contributed by atoms with Gasteiger partial charge in [0, 0.05) is 6.07 Å². The van der Waals surface area contributed by atoms with Crippen LogP contribution in [-0.4, -0.2) is 170 Å². The Kier molecular flexibility index (Phi) is 11.9. The minimum absolute atomic E-state index is 0.307. The first kappa shape index (κ1) is 39.1. The number of ether oxygens (including phenoxy) is 5. The summed E-state index contributed by atoms with van der Waals surface area (Å²) in [5.74, 6) is 0. The van der Waals surface area contributed by atoms with Crippen molar-refractivity contribution in [2.75, 3.05) is 19.8 Å². The number of non-ortho nitro benzene ring substituents is 1. The molecule has 2 unspecified atom stereocenters. The molecule has 3 heterocycles. The lowest BCUT2D eigenvalue weighted by atomic mass is 9.94. The van der Waals surface area contributed by atoms with E-state index in [9.17, 15) is 69.5 Å². The summed E-state index contributed by atoms with van der Waals surface area (Å²) in [6, 6.07) is -3.56. The lowest BCUT2D eigenvalue weighted by molar-refractivity contribution is -0.396. The summed E-state index contributed by atoms with van der Waals surface area (Å²) in [7, 11) is -5.52. The van der Waals surface area contributed by atoms with Gasteiger partial charge in [0.25, 0.3) is 11.4 Å². The average Bonchev–Trinajstić information content (AvgIpc) is 3.07. The van der Waals surface area contributed by atoms with E-state index in [1.54, 1.807) is 0 Å². The third-order valence-electron chi connectivity index (χ3n) is 8.52. The smallest absolute Gasteiger partial charge is 0.294 e. The lowest BCUT2D eigenvalue weighted by Gasteiger charge is -2.50. The molecule has 15 atom stereocenters. The van der Waals surface area contributed by atoms with Crippen LogP contribution >= 0.6 is 0 Å². The molecule has 1 aromatic rings. The molecule has 1 aromatic carbocycles. The number of nitrogens with zero attached hydrogens (tertiary/aromatic N) is 2. The highest BCUT2D eigenvalue weighted by Crippen LogP contribution is 2.42. The number of aliphatic hydroxyl groups excluding tert-OH is 8. The highest BCUT2D eigenvalue weighted by Gasteiger charge is 2.63. The number of benzene rings is 1. The summed E-state index contributed by atoms with van der Waals surface area (Å²) in [6.07, 6.45) is -20.4. The van der Waals surface area contributed by atoms with Crippen molar-refractivity contribution in [1.82, 2.24) is 0 Å². The normalized spacial score (nSPS) is 41.7. The minimum Gasteiger partial charge on any atom is -0.394 e. The molecule has 278 valence electrons. The van der Waals surface area contributed by atoms with Gasteiger partial charge in [-0.1, -0.05) is 0 Å². The van der Waals surface area contributed by atoms with Gasteiger partial charge in [-0.3, -0.25) is 20.2 Å². The summed E-state index contributed by atoms with van der Waals surface area (Å²) in [4.78, 5) is 15.9. The Morgan fingerprint density at radius 3 is 1.86 bits per heavy atom. The van der Waals surface area contributed by atoms with Crippen LogP contribution < -0.4 is 17.2 Å². The highest BCUT2D eigenvalue weighted by molar-refractivity contribution is 7.93. The first-order chi connectivity index (χ1) is 22.9. The number of aliphatic hydroxyl groups is 8. The maximum Gasteiger partial charge on any atom is 0.294 e. The molecule has 24 nitrogen and oxygen atoms in total. The second-order valence-electron chi connectivity index (χ2n) is 11.4. The first-order valence-electron chi connectivity index (χ1n) is 14.3. The predicted octanol–water partition coefficient (Wildman–Crippen LogP) is -7.06. The van der Waals surface area contributed by atoms with E-state index in [1.165, 1.54) is 0 Å². The fourth-order valence-corrected chi connectivity index (χ4v) is 7.54. The zero-order valence-electron chi connectivity index (χ0n) is 25.0. The van der Waals surface area contributed by atoms with Gasteiger partial charge in [-0.25, -0.2) is 8.42 Å². The van der Waals surface area contributed by atoms with Crippen LogP contribution in [0.25, 0.3) is 0 Å². The van der Waals surface area contributed by atoms with Gasteiger partial charge in [-0.2, -0.15) is 0 Å². The standard InChI is InChI=1S/C24H37N5O19S/c25-12-15(33)18(9(4-30)44-21(12)37)46-22-13(26)16(34)19(10(5-31)45-22)47-23-14(27)17(35)20(36)24(6-32,48-23)49(42,43)11-2-1-7(28(38)39)3-8(11)29(40)41/h1-3,9-10,12-23,30-37H,4-6,25-27H2/t9-,10-,12-,13-,14-,15-,16-,17-,18?,19?,20+,21-,22+,23+,24-/m1/s1. The zero-order chi connectivity index (χ0) is 36.7. The van der Waals surface area contributed by atoms with Gasteiger partial charge in [0.15, 0.2) is 18.9 Å². The summed E-state index contributed by atoms with van der Waals surface area (Å²) in [5.41, 5.74) is 15.5. The Balaban J connectivity index is 1.64. The third kappa shape index (κ3) is 6.87. The SMILES string of the molecule is N[C@H]1[C@@H](OC2[C@@H](CO)O[C@@H](OC3[C@@H](CO)O[C@@H](O)[C@H](N)[C@H]3O)[C@H](N)[C@H]2O)O[C@](CO)(S(=O)(=O)c2ccc([N+](=O)[O-])cc2[N+](=O)[O-])[C@@H](O)[C@@H]1O. The van der Waals surface area contributed by atoms with Gasteiger partial charge in [0.05, 0.1) is 53.9 Å². The summed E-state index contributed by atoms with van der Waals surface area (Å²) in [5, 5.41) is 106. The number of nitro benzene ring substituents is 2. The van der Waals surface area contributed by atoms with E-state index in [2.05, 4.69) is 0 Å². The van der Waals surface area contributed by atoms with Gasteiger partial charge in [-0.05, 0) is 6.07 Å². The van der Waals surface area contributed by atoms with Crippen molar-refractivity contribution >= 4 is 21.2 Å². The molecule has 0 amide bonds. The van der Waals surface area contributed by atoms with Crippen LogP contribution in [0.15, 0.2) is 23.1 Å². The maximum atomic E-state index is 13.9. The van der Waals surface area contributed by atoms with Crippen molar-refractivity contribution in [1.29, 1.82) is 0 Å². The molecule has 49 heavy (non-hydrogen) atoms. The maximum absolute atomic E-state index is 13.9. The van der Waals surface area contributed by atoms with Gasteiger partial charge in [0.1, 0.15) is 53.7 Å². The Morgan fingerprint density at radius 2 is 1.33 bits per heavy atom. The van der Waals surface area contributed by atoms with Crippen molar-refractivity contribution in [2.24, 2.45) is 17.2 Å². The van der Waals surface area contributed by atoms with Crippen LogP contribution in [0.2, 0.25) is 0 Å². The number of rotatable bonds is 11. The molecule has 0 aliphatic carbocycles. The van der Waals surface area contributed by atoms with Crippen LogP contribution in [-0.2, 0) is 33.5 Å². The third-order valence-corrected chi connectivity index (χ3v) is 10.8. The van der Waals surface area contributed by atoms with E-state index in [-0.39, 0.29) is 0 Å². The largest absolute Gasteiger partial charge is 0.394 e. The van der Waals surface area contributed by atoms with Crippen LogP contribution in [0.5, 0.6) is 0 Å². The van der Waals surface area contributed by atoms with Crippen LogP contribution in [0, 0.1) is 20.2 Å². The van der Waals surface area contributed by atoms with E-state index < -0.39 is 147 Å². The number of nitrogens with two attached hydrogens (primary N) is 3. The average molecular weight is 732 g/mol. The number of hydrogen-bond acceptors (Lipinski definition) is 22. The fourth-order valence-electron chi connectivity index (χ4n) is 5.67. The van der Waals surface area contributed by atoms with Crippen molar-refractivity contribution in [3.63, 3.8) is 0 Å². The number of sulfone groups is 1. The molecule has 3 aliphatic rings. The van der Waals surface area contributed by atoms with Crippen molar-refractivity contribution < 1.29 is 82.8 Å². The molecule has 3 saturated heterocycles. The van der Waals surface area contributed by atoms with E-state index in [0.29, 0.717) is 18.2 Å². The van der Waals surface area contributed by atoms with E-state index in [4.69, 9.17) is 40.9 Å². The fraction of sp³-hybridized carbons (Fsp3) is 0.750. The second kappa shape index (κ2) is 14.9. The molecule has 0 aromatic heterocycles. The number of hydrogen-bond donors (Lipinski definition) is 11. The van der Waals surface area contributed by atoms with Gasteiger partial charge < -0.3 is 81.7 Å². The van der Waals surface area contributed by atoms with Gasteiger partial charge in [-0.15, -0.1) is 0 Å². The molecule has 0 saturated carbocycles. The van der Waals surface area contributed by atoms with Crippen molar-refractivity contribution in [3.8, 4) is 0 Å². The Morgan fingerprint density at radius 1 is 0.796 bits per heavy atom. The van der Waals surface area contributed by atoms with Crippen molar-refractivity contribution in [3.05, 3.63) is 38.4 Å². The summed E-state index contributed by atoms with van der Waals surface area (Å²) < 4.78 is 55.2. The van der Waals surface area contributed by atoms with Crippen molar-refractivity contribution in [2.45, 2.75) is 95.7 Å². The Hall–Kier alpha value is -2.67. The summed E-state index contributed by atoms with van der Waals surface area (Å²) in [6.45, 7) is -3.47. The molecular weight excluding hydrogens is 694 g/mol. The zero-order valence-corrected chi connectivity index (χ0v) is 25.9. The van der Waals surface area contributed by atoms with E-state index in [0.717, 1.165) is 0 Å². The van der Waals surface area contributed by atoms with Crippen LogP contribution in [0.1, 0.15) is 0 Å². The van der Waals surface area contributed by atoms with E-state index in [1.807, 2.05) is 0 Å². The second-order valence-corrected chi connectivity index (χ2v) is 13.6. The van der Waals surface area contributed by atoms with Gasteiger partial charge >= 0.3 is 0 Å². The molecular formula is C24H37N5O19S. The highest BCUT2D eigenvalue weighted by atomic mass is 32.2. The molecule has 3 aliphatic heterocycles. The number of nitro groups is 2. The van der Waals surface area contributed by atoms with E-state index >= 15 is 0 Å². The monoisotopic (exact) mass is 731 g/mol. The summed E-state index contributed by atoms with van der Waals surface area (Å²) >= 11 is 0. The topological polar surface area (TPSA) is 406 Å². The molecule has 0 radical (unpaired) electrons. The quantitative estimate of drug-likeness (QED) is 0.0743. The van der Waals surface area contributed by atoms with Crippen LogP contribution in [0.4, 0.5) is 11.4 Å². The molecule has 14 N–H and O–H groups in total. The minimum atomic E-state index is -5.52. The Labute approximate surface area is 275 Å². The first-order valence-corrected chi connectivity index (χ1v) is 15.8. The molecule has 0 bridgehead atoms. The Bertz CT molecular complexity index is 1470. The molecule has 4 rings (SSSR count). The predicted molar refractivity (Wildman–Crippen MR) is 153 cm³/mol. The molecule has 25 heteroatoms. The lowest BCUT2D eigenvalue weighted by Crippen LogP contribution is -2.73.